The Kier molecular flexibility index (Phi) is 10.1. The monoisotopic (exact) mass is 809 g/mol. The summed E-state index contributed by atoms with van der Waals surface area (Å²) < 4.78 is 8.67. The highest BCUT2D eigenvalue weighted by molar-refractivity contribution is 6.09. The van der Waals surface area contributed by atoms with Crippen molar-refractivity contribution >= 4 is 51.2 Å². The van der Waals surface area contributed by atoms with Crippen LogP contribution >= 0.6 is 0 Å². The molecule has 4 aliphatic rings. The molecule has 4 amide bonds. The van der Waals surface area contributed by atoms with Gasteiger partial charge in [-0.25, -0.2) is 19.4 Å². The zero-order chi connectivity index (χ0) is 41.8. The molecule has 2 N–H and O–H groups in total. The normalized spacial score (nSPS) is 22.3. The van der Waals surface area contributed by atoms with Gasteiger partial charge in [0.2, 0.25) is 5.91 Å². The van der Waals surface area contributed by atoms with Crippen molar-refractivity contribution in [2.24, 2.45) is 16.7 Å². The number of pyridine rings is 3. The molecule has 3 saturated heterocycles. The van der Waals surface area contributed by atoms with Crippen LogP contribution in [0.1, 0.15) is 81.9 Å². The van der Waals surface area contributed by atoms with Gasteiger partial charge in [-0.1, -0.05) is 27.7 Å². The van der Waals surface area contributed by atoms with Crippen molar-refractivity contribution in [1.29, 1.82) is 5.26 Å². The summed E-state index contributed by atoms with van der Waals surface area (Å²) in [6.07, 6.45) is 11.2. The first-order valence-corrected chi connectivity index (χ1v) is 21.0. The molecule has 15 heteroatoms. The fraction of sp³-hybridized carbons (Fsp3) is 0.467. The summed E-state index contributed by atoms with van der Waals surface area (Å²) in [7, 11) is 0. The van der Waals surface area contributed by atoms with Crippen LogP contribution < -0.4 is 25.2 Å². The minimum absolute atomic E-state index is 0.155. The van der Waals surface area contributed by atoms with Crippen LogP contribution in [0.4, 0.5) is 16.2 Å². The fourth-order valence-electron chi connectivity index (χ4n) is 10.5. The van der Waals surface area contributed by atoms with E-state index in [1.165, 1.54) is 0 Å². The van der Waals surface area contributed by atoms with Crippen LogP contribution in [0.3, 0.4) is 0 Å². The van der Waals surface area contributed by atoms with E-state index >= 15 is 0 Å². The summed E-state index contributed by atoms with van der Waals surface area (Å²) >= 11 is 0. The predicted octanol–water partition coefficient (Wildman–Crippen LogP) is 5.86. The SMILES string of the molecule is CC1(C)[C@H](NC(=O)c2ccc(N3CCC(CN4CCC(n5ncc6c(N7CCC(=O)NC7=O)ccnc65)CC4)CC3)cn2)C(C)(C)[C@H]1Oc1ccc(C#N)c2ncccc12. The molecular weight excluding hydrogens is 759 g/mol. The molecule has 1 aliphatic carbocycles. The number of aromatic nitrogens is 5. The number of imide groups is 1. The highest BCUT2D eigenvalue weighted by atomic mass is 16.5. The van der Waals surface area contributed by atoms with Gasteiger partial charge in [0.15, 0.2) is 5.65 Å². The van der Waals surface area contributed by atoms with Crippen molar-refractivity contribution in [2.75, 3.05) is 49.1 Å². The molecule has 0 spiro atoms. The second-order valence-corrected chi connectivity index (χ2v) is 17.9. The Morgan fingerprint density at radius 3 is 2.40 bits per heavy atom. The molecule has 0 atom stereocenters. The Bertz CT molecular complexity index is 2480. The molecule has 0 radical (unpaired) electrons. The first-order chi connectivity index (χ1) is 28.9. The number of nitrogens with one attached hydrogen (secondary N) is 2. The molecule has 4 fully saturated rings. The lowest BCUT2D eigenvalue weighted by Crippen LogP contribution is -2.74. The lowest BCUT2D eigenvalue weighted by Gasteiger charge is -2.63. The second-order valence-electron chi connectivity index (χ2n) is 17.9. The van der Waals surface area contributed by atoms with E-state index in [2.05, 4.69) is 69.1 Å². The Hall–Kier alpha value is -6.14. The van der Waals surface area contributed by atoms with Gasteiger partial charge in [-0.2, -0.15) is 10.4 Å². The highest BCUT2D eigenvalue weighted by Crippen LogP contribution is 2.56. The van der Waals surface area contributed by atoms with E-state index in [4.69, 9.17) is 9.84 Å². The number of nitrogens with zero attached hydrogens (tertiary/aromatic N) is 9. The second kappa shape index (κ2) is 15.5. The van der Waals surface area contributed by atoms with E-state index in [1.807, 2.05) is 47.3 Å². The number of rotatable bonds is 9. The zero-order valence-electron chi connectivity index (χ0n) is 34.6. The molecule has 3 aliphatic heterocycles. The molecule has 310 valence electrons. The largest absolute Gasteiger partial charge is 0.488 e. The third-order valence-electron chi connectivity index (χ3n) is 13.4. The Labute approximate surface area is 349 Å². The lowest BCUT2D eigenvalue weighted by atomic mass is 9.49. The number of carbonyl (C=O) groups excluding carboxylic acids is 3. The number of benzene rings is 1. The van der Waals surface area contributed by atoms with Crippen LogP contribution in [0.5, 0.6) is 5.75 Å². The first-order valence-electron chi connectivity index (χ1n) is 21.0. The maximum absolute atomic E-state index is 13.6. The lowest BCUT2D eigenvalue weighted by molar-refractivity contribution is -0.163. The number of amides is 4. The number of fused-ring (bicyclic) bond motifs is 2. The third-order valence-corrected chi connectivity index (χ3v) is 13.4. The number of carbonyl (C=O) groups is 3. The number of piperidine rings is 2. The van der Waals surface area contributed by atoms with Crippen molar-refractivity contribution in [1.82, 2.24) is 40.3 Å². The highest BCUT2D eigenvalue weighted by Gasteiger charge is 2.64. The summed E-state index contributed by atoms with van der Waals surface area (Å²) in [4.78, 5) is 58.1. The molecule has 7 heterocycles. The molecule has 1 aromatic carbocycles. The summed E-state index contributed by atoms with van der Waals surface area (Å²) in [6.45, 7) is 13.7. The smallest absolute Gasteiger partial charge is 0.328 e. The van der Waals surface area contributed by atoms with E-state index in [0.29, 0.717) is 35.0 Å². The molecule has 1 saturated carbocycles. The Morgan fingerprint density at radius 2 is 1.68 bits per heavy atom. The quantitative estimate of drug-likeness (QED) is 0.183. The van der Waals surface area contributed by atoms with E-state index in [1.54, 1.807) is 29.6 Å². The molecule has 0 bridgehead atoms. The Balaban J connectivity index is 0.751. The maximum Gasteiger partial charge on any atom is 0.328 e. The van der Waals surface area contributed by atoms with Gasteiger partial charge in [-0.3, -0.25) is 24.8 Å². The number of nitriles is 1. The van der Waals surface area contributed by atoms with Crippen LogP contribution in [-0.4, -0.2) is 98.9 Å². The van der Waals surface area contributed by atoms with E-state index in [9.17, 15) is 19.6 Å². The van der Waals surface area contributed by atoms with Crippen molar-refractivity contribution < 1.29 is 19.1 Å². The topological polar surface area (TPSA) is 174 Å². The van der Waals surface area contributed by atoms with Gasteiger partial charge < -0.3 is 19.9 Å². The van der Waals surface area contributed by atoms with Gasteiger partial charge in [-0.05, 0) is 74.1 Å². The summed E-state index contributed by atoms with van der Waals surface area (Å²) in [5.41, 5.74) is 3.29. The standard InChI is InChI=1S/C45H51N11O4/c1-44(2)41(45(3,4)42(44)60-36-10-7-29(24-46)38-32(36)6-5-17-47-38)52-40(58)34-9-8-31(25-49-34)54-21-12-28(13-22-54)27-53-19-14-30(15-20-53)56-39-33(26-50-56)35(11-18-48-39)55-23-16-37(57)51-43(55)59/h5-11,17-18,25-26,28,30,41-42H,12-16,19-23,27H2,1-4H3,(H,52,58)(H,51,57,59)/t41-,42-. The summed E-state index contributed by atoms with van der Waals surface area (Å²) in [5, 5.41) is 21.6. The number of hydrogen-bond acceptors (Lipinski definition) is 11. The number of urea groups is 1. The van der Waals surface area contributed by atoms with Crippen LogP contribution in [0.25, 0.3) is 21.9 Å². The van der Waals surface area contributed by atoms with Crippen LogP contribution in [0.15, 0.2) is 67.3 Å². The van der Waals surface area contributed by atoms with Crippen molar-refractivity contribution in [3.05, 3.63) is 78.5 Å². The average molecular weight is 810 g/mol. The number of ether oxygens (including phenoxy) is 1. The number of hydrogen-bond donors (Lipinski definition) is 2. The molecule has 4 aromatic heterocycles. The van der Waals surface area contributed by atoms with Crippen molar-refractivity contribution in [2.45, 2.75) is 78.0 Å². The third kappa shape index (κ3) is 7.06. The van der Waals surface area contributed by atoms with Gasteiger partial charge in [0.25, 0.3) is 5.91 Å². The van der Waals surface area contributed by atoms with Gasteiger partial charge in [0.1, 0.15) is 23.6 Å². The van der Waals surface area contributed by atoms with Crippen molar-refractivity contribution in [3.63, 3.8) is 0 Å². The minimum atomic E-state index is -0.408. The molecule has 15 nitrogen and oxygen atoms in total. The number of likely N-dealkylation sites (tertiary alicyclic amines) is 1. The predicted molar refractivity (Wildman–Crippen MR) is 227 cm³/mol. The zero-order valence-corrected chi connectivity index (χ0v) is 34.6. The van der Waals surface area contributed by atoms with Crippen LogP contribution in [0.2, 0.25) is 0 Å². The molecular formula is C45H51N11O4. The van der Waals surface area contributed by atoms with E-state index < -0.39 is 6.03 Å². The van der Waals surface area contributed by atoms with Gasteiger partial charge in [0.05, 0.1) is 46.3 Å². The summed E-state index contributed by atoms with van der Waals surface area (Å²) in [5.74, 6) is 0.836. The Morgan fingerprint density at radius 1 is 0.900 bits per heavy atom. The molecule has 60 heavy (non-hydrogen) atoms. The minimum Gasteiger partial charge on any atom is -0.488 e. The number of anilines is 2. The fourth-order valence-corrected chi connectivity index (χ4v) is 10.5. The van der Waals surface area contributed by atoms with Gasteiger partial charge >= 0.3 is 6.03 Å². The van der Waals surface area contributed by atoms with E-state index in [0.717, 1.165) is 86.2 Å². The summed E-state index contributed by atoms with van der Waals surface area (Å²) in [6, 6.07) is 14.9. The van der Waals surface area contributed by atoms with Gasteiger partial charge in [0, 0.05) is 80.3 Å². The van der Waals surface area contributed by atoms with E-state index in [-0.39, 0.29) is 47.3 Å². The maximum atomic E-state index is 13.6. The molecule has 0 unspecified atom stereocenters. The van der Waals surface area contributed by atoms with Crippen LogP contribution in [-0.2, 0) is 4.79 Å². The first kappa shape index (κ1) is 39.3. The average Bonchev–Trinajstić information content (AvgIpc) is 3.70. The molecule has 5 aromatic rings. The van der Waals surface area contributed by atoms with Crippen molar-refractivity contribution in [3.8, 4) is 11.8 Å². The van der Waals surface area contributed by atoms with Gasteiger partial charge in [-0.15, -0.1) is 0 Å². The molecule has 9 rings (SSSR count). The van der Waals surface area contributed by atoms with Crippen LogP contribution in [0, 0.1) is 28.1 Å².